The molecule has 0 aromatic carbocycles. The van der Waals surface area contributed by atoms with Gasteiger partial charge in [0.1, 0.15) is 5.82 Å². The van der Waals surface area contributed by atoms with Crippen molar-refractivity contribution in [2.75, 3.05) is 0 Å². The number of hydrogen-bond acceptors (Lipinski definition) is 5. The van der Waals surface area contributed by atoms with Crippen molar-refractivity contribution in [3.63, 3.8) is 0 Å². The fourth-order valence-corrected chi connectivity index (χ4v) is 2.19. The molecule has 3 aromatic rings. The predicted molar refractivity (Wildman–Crippen MR) is 78.4 cm³/mol. The number of H-pyrrole nitrogens is 1. The highest BCUT2D eigenvalue weighted by Gasteiger charge is 2.04. The Bertz CT molecular complexity index is 708. The minimum atomic E-state index is 0.824. The van der Waals surface area contributed by atoms with E-state index in [9.17, 15) is 0 Å². The van der Waals surface area contributed by atoms with Gasteiger partial charge in [-0.2, -0.15) is 0 Å². The van der Waals surface area contributed by atoms with Crippen molar-refractivity contribution >= 4 is 0 Å². The van der Waals surface area contributed by atoms with Crippen LogP contribution in [0.3, 0.4) is 0 Å². The van der Waals surface area contributed by atoms with Gasteiger partial charge in [-0.3, -0.25) is 9.97 Å². The number of rotatable bonds is 5. The first-order valence-corrected chi connectivity index (χ1v) is 6.92. The average molecular weight is 280 g/mol. The van der Waals surface area contributed by atoms with E-state index >= 15 is 0 Å². The fourth-order valence-electron chi connectivity index (χ4n) is 2.19. The molecule has 1 N–H and O–H groups in total. The van der Waals surface area contributed by atoms with E-state index < -0.39 is 0 Å². The fraction of sp³-hybridized carbons (Fsp3) is 0.267. The molecular formula is C15H16N6. The minimum absolute atomic E-state index is 0.824. The van der Waals surface area contributed by atoms with E-state index in [2.05, 4.69) is 43.6 Å². The van der Waals surface area contributed by atoms with Gasteiger partial charge >= 0.3 is 0 Å². The molecule has 0 atom stereocenters. The average Bonchev–Trinajstić information content (AvgIpc) is 3.01. The molecule has 0 saturated heterocycles. The molecule has 0 fully saturated rings. The topological polar surface area (TPSA) is 80.2 Å². The summed E-state index contributed by atoms with van der Waals surface area (Å²) in [6.07, 6.45) is 6.44. The summed E-state index contributed by atoms with van der Waals surface area (Å²) in [4.78, 5) is 8.79. The van der Waals surface area contributed by atoms with Crippen molar-refractivity contribution in [3.8, 4) is 11.4 Å². The summed E-state index contributed by atoms with van der Waals surface area (Å²) in [7, 11) is 0. The standard InChI is InChI=1S/C15H16N6/c1-11-5-7-16-13(9-11)14-10-12(6-8-17-14)3-2-4-15-18-20-21-19-15/h5-10H,2-4H2,1H3,(H,18,19,20,21). The van der Waals surface area contributed by atoms with Crippen LogP contribution in [0.1, 0.15) is 23.4 Å². The second kappa shape index (κ2) is 6.21. The maximum absolute atomic E-state index is 4.41. The van der Waals surface area contributed by atoms with E-state index in [1.54, 1.807) is 0 Å². The van der Waals surface area contributed by atoms with Crippen LogP contribution in [-0.2, 0) is 12.8 Å². The Labute approximate surface area is 122 Å². The third kappa shape index (κ3) is 3.47. The molecule has 6 heteroatoms. The van der Waals surface area contributed by atoms with Crippen LogP contribution in [0.4, 0.5) is 0 Å². The maximum Gasteiger partial charge on any atom is 0.148 e. The molecule has 0 amide bonds. The summed E-state index contributed by atoms with van der Waals surface area (Å²) < 4.78 is 0. The molecule has 3 heterocycles. The predicted octanol–water partition coefficient (Wildman–Crippen LogP) is 2.14. The largest absolute Gasteiger partial charge is 0.255 e. The first-order chi connectivity index (χ1) is 10.3. The van der Waals surface area contributed by atoms with Crippen LogP contribution >= 0.6 is 0 Å². The molecule has 106 valence electrons. The van der Waals surface area contributed by atoms with Gasteiger partial charge in [-0.15, -0.1) is 5.10 Å². The van der Waals surface area contributed by atoms with E-state index in [0.717, 1.165) is 36.5 Å². The van der Waals surface area contributed by atoms with Gasteiger partial charge in [0.15, 0.2) is 0 Å². The smallest absolute Gasteiger partial charge is 0.148 e. The van der Waals surface area contributed by atoms with Gasteiger partial charge in [0.25, 0.3) is 0 Å². The summed E-state index contributed by atoms with van der Waals surface area (Å²) in [6.45, 7) is 2.06. The zero-order valence-corrected chi connectivity index (χ0v) is 11.8. The van der Waals surface area contributed by atoms with Gasteiger partial charge in [-0.05, 0) is 65.6 Å². The molecule has 0 aliphatic carbocycles. The summed E-state index contributed by atoms with van der Waals surface area (Å²) in [5.41, 5.74) is 4.26. The van der Waals surface area contributed by atoms with Crippen molar-refractivity contribution < 1.29 is 0 Å². The molecule has 0 saturated carbocycles. The number of aromatic amines is 1. The first-order valence-electron chi connectivity index (χ1n) is 6.92. The lowest BCUT2D eigenvalue weighted by Gasteiger charge is -2.04. The van der Waals surface area contributed by atoms with Crippen molar-refractivity contribution in [1.29, 1.82) is 0 Å². The Morgan fingerprint density at radius 2 is 1.81 bits per heavy atom. The summed E-state index contributed by atoms with van der Waals surface area (Å²) in [5, 5.41) is 13.8. The molecule has 3 aromatic heterocycles. The van der Waals surface area contributed by atoms with Gasteiger partial charge in [0.2, 0.25) is 0 Å². The van der Waals surface area contributed by atoms with Crippen molar-refractivity contribution in [2.24, 2.45) is 0 Å². The van der Waals surface area contributed by atoms with Crippen LogP contribution in [-0.4, -0.2) is 30.6 Å². The Morgan fingerprint density at radius 3 is 2.57 bits per heavy atom. The lowest BCUT2D eigenvalue weighted by atomic mass is 10.1. The molecule has 3 rings (SSSR count). The monoisotopic (exact) mass is 280 g/mol. The number of hydrogen-bond donors (Lipinski definition) is 1. The molecule has 0 aliphatic heterocycles. The molecular weight excluding hydrogens is 264 g/mol. The molecule has 0 aliphatic rings. The van der Waals surface area contributed by atoms with E-state index in [1.807, 2.05) is 30.6 Å². The van der Waals surface area contributed by atoms with Gasteiger partial charge in [-0.25, -0.2) is 5.10 Å². The Balaban J connectivity index is 1.68. The van der Waals surface area contributed by atoms with Crippen molar-refractivity contribution in [2.45, 2.75) is 26.2 Å². The molecule has 0 radical (unpaired) electrons. The number of nitrogens with one attached hydrogen (secondary N) is 1. The van der Waals surface area contributed by atoms with Crippen molar-refractivity contribution in [1.82, 2.24) is 30.6 Å². The second-order valence-corrected chi connectivity index (χ2v) is 4.97. The van der Waals surface area contributed by atoms with Crippen LogP contribution in [0.15, 0.2) is 36.7 Å². The lowest BCUT2D eigenvalue weighted by molar-refractivity contribution is 0.772. The highest BCUT2D eigenvalue weighted by Crippen LogP contribution is 2.17. The molecule has 0 unspecified atom stereocenters. The zero-order valence-electron chi connectivity index (χ0n) is 11.8. The van der Waals surface area contributed by atoms with Gasteiger partial charge < -0.3 is 0 Å². The minimum Gasteiger partial charge on any atom is -0.255 e. The Morgan fingerprint density at radius 1 is 1.00 bits per heavy atom. The number of pyridine rings is 2. The quantitative estimate of drug-likeness (QED) is 0.774. The first kappa shape index (κ1) is 13.4. The Hall–Kier alpha value is -2.63. The summed E-state index contributed by atoms with van der Waals surface area (Å²) >= 11 is 0. The summed E-state index contributed by atoms with van der Waals surface area (Å²) in [5.74, 6) is 0.824. The normalized spacial score (nSPS) is 10.7. The zero-order chi connectivity index (χ0) is 14.5. The Kier molecular flexibility index (Phi) is 3.95. The van der Waals surface area contributed by atoms with E-state index in [-0.39, 0.29) is 0 Å². The number of nitrogens with zero attached hydrogens (tertiary/aromatic N) is 5. The van der Waals surface area contributed by atoms with Crippen LogP contribution in [0.5, 0.6) is 0 Å². The van der Waals surface area contributed by atoms with E-state index in [0.29, 0.717) is 0 Å². The molecule has 21 heavy (non-hydrogen) atoms. The highest BCUT2D eigenvalue weighted by molar-refractivity contribution is 5.55. The highest BCUT2D eigenvalue weighted by atomic mass is 15.5. The van der Waals surface area contributed by atoms with Crippen molar-refractivity contribution in [3.05, 3.63) is 53.6 Å². The molecule has 0 bridgehead atoms. The van der Waals surface area contributed by atoms with E-state index in [1.165, 1.54) is 11.1 Å². The molecule has 6 nitrogen and oxygen atoms in total. The number of tetrazole rings is 1. The van der Waals surface area contributed by atoms with Gasteiger partial charge in [-0.1, -0.05) is 0 Å². The van der Waals surface area contributed by atoms with Crippen LogP contribution in [0, 0.1) is 6.92 Å². The maximum atomic E-state index is 4.41. The third-order valence-electron chi connectivity index (χ3n) is 3.27. The SMILES string of the molecule is Cc1ccnc(-c2cc(CCCc3nnn[nH]3)ccn2)c1. The van der Waals surface area contributed by atoms with Gasteiger partial charge in [0.05, 0.1) is 11.4 Å². The third-order valence-corrected chi connectivity index (χ3v) is 3.27. The van der Waals surface area contributed by atoms with Crippen LogP contribution in [0.2, 0.25) is 0 Å². The lowest BCUT2D eigenvalue weighted by Crippen LogP contribution is -1.94. The second-order valence-electron chi connectivity index (χ2n) is 4.97. The molecule has 0 spiro atoms. The number of aryl methyl sites for hydroxylation is 3. The number of aromatic nitrogens is 6. The summed E-state index contributed by atoms with van der Waals surface area (Å²) in [6, 6.07) is 8.17. The van der Waals surface area contributed by atoms with Crippen LogP contribution < -0.4 is 0 Å². The van der Waals surface area contributed by atoms with Crippen LogP contribution in [0.25, 0.3) is 11.4 Å². The van der Waals surface area contributed by atoms with E-state index in [4.69, 9.17) is 0 Å². The van der Waals surface area contributed by atoms with Gasteiger partial charge in [0, 0.05) is 18.8 Å².